The number of nitrogens with two attached hydrogens (primary N) is 1. The molecule has 8 nitrogen and oxygen atoms in total. The SMILES string of the molecule is COc1cc(COC(=O)c2cc(N)on2)cc(OC)c1OC. The first-order valence-corrected chi connectivity index (χ1v) is 6.27. The number of nitrogens with zero attached hydrogens (tertiary/aromatic N) is 1. The van der Waals surface area contributed by atoms with Crippen molar-refractivity contribution in [2.75, 3.05) is 27.1 Å². The molecule has 0 radical (unpaired) electrons. The quantitative estimate of drug-likeness (QED) is 0.803. The van der Waals surface area contributed by atoms with Crippen molar-refractivity contribution in [3.8, 4) is 17.2 Å². The van der Waals surface area contributed by atoms with Crippen molar-refractivity contribution in [2.45, 2.75) is 6.61 Å². The number of nitrogen functional groups attached to an aromatic ring is 1. The molecule has 0 saturated heterocycles. The van der Waals surface area contributed by atoms with Crippen molar-refractivity contribution < 1.29 is 28.3 Å². The van der Waals surface area contributed by atoms with E-state index in [-0.39, 0.29) is 18.2 Å². The normalized spacial score (nSPS) is 10.1. The summed E-state index contributed by atoms with van der Waals surface area (Å²) in [7, 11) is 4.52. The molecule has 0 aliphatic carbocycles. The topological polar surface area (TPSA) is 106 Å². The van der Waals surface area contributed by atoms with E-state index < -0.39 is 5.97 Å². The van der Waals surface area contributed by atoms with E-state index >= 15 is 0 Å². The molecule has 2 N–H and O–H groups in total. The van der Waals surface area contributed by atoms with Crippen molar-refractivity contribution in [3.05, 3.63) is 29.5 Å². The van der Waals surface area contributed by atoms with Gasteiger partial charge in [-0.15, -0.1) is 0 Å². The predicted molar refractivity (Wildman–Crippen MR) is 76.1 cm³/mol. The Morgan fingerprint density at radius 2 is 1.77 bits per heavy atom. The van der Waals surface area contributed by atoms with E-state index in [0.29, 0.717) is 22.8 Å². The molecule has 0 fully saturated rings. The van der Waals surface area contributed by atoms with Crippen LogP contribution in [0.3, 0.4) is 0 Å². The zero-order valence-electron chi connectivity index (χ0n) is 12.4. The van der Waals surface area contributed by atoms with Crippen molar-refractivity contribution in [3.63, 3.8) is 0 Å². The predicted octanol–water partition coefficient (Wildman–Crippen LogP) is 1.64. The molecular weight excluding hydrogens is 292 g/mol. The van der Waals surface area contributed by atoms with E-state index in [4.69, 9.17) is 24.7 Å². The average molecular weight is 308 g/mol. The van der Waals surface area contributed by atoms with Gasteiger partial charge in [-0.2, -0.15) is 0 Å². The summed E-state index contributed by atoms with van der Waals surface area (Å²) in [4.78, 5) is 11.8. The zero-order chi connectivity index (χ0) is 16.1. The van der Waals surface area contributed by atoms with Gasteiger partial charge in [0.05, 0.1) is 21.3 Å². The van der Waals surface area contributed by atoms with Gasteiger partial charge in [0.15, 0.2) is 17.2 Å². The highest BCUT2D eigenvalue weighted by Gasteiger charge is 2.16. The second-order valence-corrected chi connectivity index (χ2v) is 4.22. The third-order valence-electron chi connectivity index (χ3n) is 2.83. The minimum atomic E-state index is -0.644. The van der Waals surface area contributed by atoms with Gasteiger partial charge in [0, 0.05) is 6.07 Å². The van der Waals surface area contributed by atoms with Gasteiger partial charge >= 0.3 is 5.97 Å². The number of esters is 1. The molecule has 8 heteroatoms. The molecule has 2 aromatic rings. The number of rotatable bonds is 6. The van der Waals surface area contributed by atoms with Gasteiger partial charge in [0.2, 0.25) is 11.6 Å². The number of carbonyl (C=O) groups is 1. The van der Waals surface area contributed by atoms with Crippen molar-refractivity contribution >= 4 is 11.9 Å². The highest BCUT2D eigenvalue weighted by atomic mass is 16.5. The minimum absolute atomic E-state index is 0.00229. The van der Waals surface area contributed by atoms with Crippen LogP contribution in [0.25, 0.3) is 0 Å². The van der Waals surface area contributed by atoms with E-state index in [1.54, 1.807) is 12.1 Å². The van der Waals surface area contributed by atoms with Crippen LogP contribution >= 0.6 is 0 Å². The summed E-state index contributed by atoms with van der Waals surface area (Å²) < 4.78 is 25.4. The van der Waals surface area contributed by atoms with E-state index in [0.717, 1.165) is 0 Å². The summed E-state index contributed by atoms with van der Waals surface area (Å²) in [5.74, 6) is 0.801. The Kier molecular flexibility index (Phi) is 4.72. The van der Waals surface area contributed by atoms with E-state index in [2.05, 4.69) is 9.68 Å². The summed E-state index contributed by atoms with van der Waals surface area (Å²) in [5.41, 5.74) is 6.02. The molecule has 0 amide bonds. The van der Waals surface area contributed by atoms with E-state index in [1.165, 1.54) is 27.4 Å². The summed E-state index contributed by atoms with van der Waals surface area (Å²) in [6, 6.07) is 4.66. The van der Waals surface area contributed by atoms with Crippen molar-refractivity contribution in [1.82, 2.24) is 5.16 Å². The molecule has 118 valence electrons. The minimum Gasteiger partial charge on any atom is -0.493 e. The second kappa shape index (κ2) is 6.70. The lowest BCUT2D eigenvalue weighted by Gasteiger charge is -2.14. The molecule has 2 rings (SSSR count). The molecule has 1 aromatic heterocycles. The molecular formula is C14H16N2O6. The van der Waals surface area contributed by atoms with Gasteiger partial charge in [-0.25, -0.2) is 4.79 Å². The fraction of sp³-hybridized carbons (Fsp3) is 0.286. The smallest absolute Gasteiger partial charge is 0.360 e. The number of hydrogen-bond donors (Lipinski definition) is 1. The molecule has 22 heavy (non-hydrogen) atoms. The fourth-order valence-corrected chi connectivity index (χ4v) is 1.83. The zero-order valence-corrected chi connectivity index (χ0v) is 12.4. The summed E-state index contributed by atoms with van der Waals surface area (Å²) in [5, 5.41) is 3.48. The summed E-state index contributed by atoms with van der Waals surface area (Å²) >= 11 is 0. The summed E-state index contributed by atoms with van der Waals surface area (Å²) in [6.45, 7) is 0.00229. The number of methoxy groups -OCH3 is 3. The molecule has 0 atom stereocenters. The van der Waals surface area contributed by atoms with Crippen LogP contribution in [0.15, 0.2) is 22.7 Å². The number of anilines is 1. The van der Waals surface area contributed by atoms with Gasteiger partial charge in [-0.3, -0.25) is 0 Å². The standard InChI is InChI=1S/C14H16N2O6/c1-18-10-4-8(5-11(19-2)13(10)20-3)7-21-14(17)9-6-12(15)22-16-9/h4-6H,7,15H2,1-3H3. The number of ether oxygens (including phenoxy) is 4. The third kappa shape index (κ3) is 3.22. The molecule has 1 aromatic carbocycles. The van der Waals surface area contributed by atoms with Gasteiger partial charge in [0.25, 0.3) is 0 Å². The van der Waals surface area contributed by atoms with Crippen LogP contribution in [0.2, 0.25) is 0 Å². The lowest BCUT2D eigenvalue weighted by atomic mass is 10.2. The maximum absolute atomic E-state index is 11.8. The van der Waals surface area contributed by atoms with Gasteiger partial charge in [-0.1, -0.05) is 5.16 Å². The number of carbonyl (C=O) groups excluding carboxylic acids is 1. The first kappa shape index (κ1) is 15.5. The van der Waals surface area contributed by atoms with E-state index in [9.17, 15) is 4.79 Å². The van der Waals surface area contributed by atoms with E-state index in [1.807, 2.05) is 0 Å². The lowest BCUT2D eigenvalue weighted by molar-refractivity contribution is 0.0460. The van der Waals surface area contributed by atoms with Crippen LogP contribution in [0, 0.1) is 0 Å². The molecule has 0 bridgehead atoms. The third-order valence-corrected chi connectivity index (χ3v) is 2.83. The fourth-order valence-electron chi connectivity index (χ4n) is 1.83. The molecule has 0 aliphatic rings. The maximum atomic E-state index is 11.8. The highest BCUT2D eigenvalue weighted by Crippen LogP contribution is 2.38. The lowest BCUT2D eigenvalue weighted by Crippen LogP contribution is -2.06. The van der Waals surface area contributed by atoms with Crippen LogP contribution in [-0.2, 0) is 11.3 Å². The Morgan fingerprint density at radius 1 is 1.14 bits per heavy atom. The van der Waals surface area contributed by atoms with Crippen LogP contribution in [0.4, 0.5) is 5.88 Å². The molecule has 0 saturated carbocycles. The molecule has 1 heterocycles. The van der Waals surface area contributed by atoms with Crippen LogP contribution in [0.1, 0.15) is 16.1 Å². The first-order valence-electron chi connectivity index (χ1n) is 6.27. The largest absolute Gasteiger partial charge is 0.493 e. The van der Waals surface area contributed by atoms with Crippen molar-refractivity contribution in [2.24, 2.45) is 0 Å². The average Bonchev–Trinajstić information content (AvgIpc) is 2.97. The first-order chi connectivity index (χ1) is 10.6. The molecule has 0 spiro atoms. The number of benzene rings is 1. The number of aromatic nitrogens is 1. The van der Waals surface area contributed by atoms with Crippen LogP contribution in [0.5, 0.6) is 17.2 Å². The molecule has 0 unspecified atom stereocenters. The van der Waals surface area contributed by atoms with Gasteiger partial charge in [0.1, 0.15) is 6.61 Å². The van der Waals surface area contributed by atoms with Gasteiger partial charge < -0.3 is 29.2 Å². The number of hydrogen-bond acceptors (Lipinski definition) is 8. The Balaban J connectivity index is 2.14. The summed E-state index contributed by atoms with van der Waals surface area (Å²) in [6.07, 6.45) is 0. The molecule has 0 aliphatic heterocycles. The monoisotopic (exact) mass is 308 g/mol. The van der Waals surface area contributed by atoms with Crippen LogP contribution < -0.4 is 19.9 Å². The Morgan fingerprint density at radius 3 is 2.23 bits per heavy atom. The van der Waals surface area contributed by atoms with Crippen LogP contribution in [-0.4, -0.2) is 32.5 Å². The van der Waals surface area contributed by atoms with Gasteiger partial charge in [-0.05, 0) is 17.7 Å². The Bertz CT molecular complexity index is 642. The Labute approximate surface area is 126 Å². The Hall–Kier alpha value is -2.90. The second-order valence-electron chi connectivity index (χ2n) is 4.22. The maximum Gasteiger partial charge on any atom is 0.360 e. The van der Waals surface area contributed by atoms with Crippen molar-refractivity contribution in [1.29, 1.82) is 0 Å². The highest BCUT2D eigenvalue weighted by molar-refractivity contribution is 5.87.